The normalized spacial score (nSPS) is 11.9. The number of nitrogens with two attached hydrogens (primary N) is 1. The van der Waals surface area contributed by atoms with Crippen LogP contribution in [-0.2, 0) is 26.0 Å². The summed E-state index contributed by atoms with van der Waals surface area (Å²) >= 11 is 0. The van der Waals surface area contributed by atoms with E-state index in [0.29, 0.717) is 45.9 Å². The van der Waals surface area contributed by atoms with Crippen molar-refractivity contribution in [1.82, 2.24) is 14.5 Å². The third-order valence-corrected chi connectivity index (χ3v) is 4.13. The SMILES string of the molecule is COCCOCCCCNS(=O)(=O)c1cnn(CCN)c1. The van der Waals surface area contributed by atoms with Crippen LogP contribution in [0.3, 0.4) is 0 Å². The predicted octanol–water partition coefficient (Wildman–Crippen LogP) is -0.437. The first-order valence-corrected chi connectivity index (χ1v) is 8.37. The molecule has 0 atom stereocenters. The molecule has 0 amide bonds. The zero-order valence-electron chi connectivity index (χ0n) is 12.3. The van der Waals surface area contributed by atoms with Crippen molar-refractivity contribution >= 4 is 10.0 Å². The van der Waals surface area contributed by atoms with Crippen LogP contribution >= 0.6 is 0 Å². The number of unbranched alkanes of at least 4 members (excludes halogenated alkanes) is 1. The fourth-order valence-corrected chi connectivity index (χ4v) is 2.63. The molecule has 0 aliphatic rings. The Labute approximate surface area is 125 Å². The number of sulfonamides is 1. The molecule has 0 saturated heterocycles. The van der Waals surface area contributed by atoms with Gasteiger partial charge in [0.05, 0.1) is 26.0 Å². The van der Waals surface area contributed by atoms with E-state index >= 15 is 0 Å². The van der Waals surface area contributed by atoms with Crippen molar-refractivity contribution < 1.29 is 17.9 Å². The summed E-state index contributed by atoms with van der Waals surface area (Å²) in [6.45, 7) is 3.01. The highest BCUT2D eigenvalue weighted by Gasteiger charge is 2.15. The van der Waals surface area contributed by atoms with E-state index in [-0.39, 0.29) is 4.90 Å². The molecule has 1 heterocycles. The van der Waals surface area contributed by atoms with Crippen LogP contribution in [-0.4, -0.2) is 58.2 Å². The van der Waals surface area contributed by atoms with Gasteiger partial charge in [-0.25, -0.2) is 13.1 Å². The molecular formula is C12H24N4O4S. The fraction of sp³-hybridized carbons (Fsp3) is 0.750. The summed E-state index contributed by atoms with van der Waals surface area (Å²) in [6.07, 6.45) is 4.30. The number of hydrogen-bond acceptors (Lipinski definition) is 6. The van der Waals surface area contributed by atoms with Crippen LogP contribution in [0.2, 0.25) is 0 Å². The van der Waals surface area contributed by atoms with Crippen molar-refractivity contribution in [2.75, 3.05) is 40.0 Å². The summed E-state index contributed by atoms with van der Waals surface area (Å²) in [5, 5.41) is 3.94. The Morgan fingerprint density at radius 3 is 2.86 bits per heavy atom. The first-order valence-electron chi connectivity index (χ1n) is 6.89. The zero-order chi connectivity index (χ0) is 15.6. The highest BCUT2D eigenvalue weighted by atomic mass is 32.2. The van der Waals surface area contributed by atoms with Crippen LogP contribution in [0.25, 0.3) is 0 Å². The molecule has 0 aliphatic heterocycles. The van der Waals surface area contributed by atoms with Crippen LogP contribution in [0.5, 0.6) is 0 Å². The number of rotatable bonds is 12. The minimum atomic E-state index is -3.49. The lowest BCUT2D eigenvalue weighted by atomic mass is 10.3. The molecule has 0 unspecified atom stereocenters. The van der Waals surface area contributed by atoms with Crippen molar-refractivity contribution in [3.63, 3.8) is 0 Å². The van der Waals surface area contributed by atoms with Crippen molar-refractivity contribution in [2.45, 2.75) is 24.3 Å². The Morgan fingerprint density at radius 2 is 2.14 bits per heavy atom. The van der Waals surface area contributed by atoms with E-state index < -0.39 is 10.0 Å². The van der Waals surface area contributed by atoms with Crippen molar-refractivity contribution in [3.8, 4) is 0 Å². The van der Waals surface area contributed by atoms with Gasteiger partial charge in [0.1, 0.15) is 4.90 Å². The number of ether oxygens (including phenoxy) is 2. The standard InChI is InChI=1S/C12H24N4O4S/c1-19-8-9-20-7-3-2-5-15-21(17,18)12-10-14-16(11-12)6-4-13/h10-11,15H,2-9,13H2,1H3. The number of hydrogen-bond donors (Lipinski definition) is 2. The molecule has 21 heavy (non-hydrogen) atoms. The molecule has 1 rings (SSSR count). The number of nitrogens with zero attached hydrogens (tertiary/aromatic N) is 2. The second kappa shape index (κ2) is 9.85. The van der Waals surface area contributed by atoms with Crippen LogP contribution in [0, 0.1) is 0 Å². The van der Waals surface area contributed by atoms with E-state index in [9.17, 15) is 8.42 Å². The Balaban J connectivity index is 2.23. The molecule has 0 saturated carbocycles. The summed E-state index contributed by atoms with van der Waals surface area (Å²) in [6, 6.07) is 0. The molecule has 0 aliphatic carbocycles. The third-order valence-electron chi connectivity index (χ3n) is 2.72. The molecule has 8 nitrogen and oxygen atoms in total. The van der Waals surface area contributed by atoms with Crippen molar-refractivity contribution in [1.29, 1.82) is 0 Å². The average molecular weight is 320 g/mol. The van der Waals surface area contributed by atoms with Crippen LogP contribution in [0.15, 0.2) is 17.3 Å². The Kier molecular flexibility index (Phi) is 8.47. The van der Waals surface area contributed by atoms with E-state index in [1.165, 1.54) is 17.1 Å². The average Bonchev–Trinajstić information content (AvgIpc) is 2.92. The minimum Gasteiger partial charge on any atom is -0.382 e. The summed E-state index contributed by atoms with van der Waals surface area (Å²) in [5.74, 6) is 0. The molecule has 9 heteroatoms. The molecule has 0 radical (unpaired) electrons. The van der Waals surface area contributed by atoms with Gasteiger partial charge >= 0.3 is 0 Å². The smallest absolute Gasteiger partial charge is 0.243 e. The van der Waals surface area contributed by atoms with Crippen LogP contribution in [0.1, 0.15) is 12.8 Å². The monoisotopic (exact) mass is 320 g/mol. The maximum absolute atomic E-state index is 12.0. The third kappa shape index (κ3) is 7.00. The van der Waals surface area contributed by atoms with Gasteiger partial charge in [0, 0.05) is 33.0 Å². The van der Waals surface area contributed by atoms with E-state index in [1.54, 1.807) is 7.11 Å². The van der Waals surface area contributed by atoms with Gasteiger partial charge in [-0.15, -0.1) is 0 Å². The second-order valence-electron chi connectivity index (χ2n) is 4.44. The predicted molar refractivity (Wildman–Crippen MR) is 78.4 cm³/mol. The van der Waals surface area contributed by atoms with Gasteiger partial charge in [-0.05, 0) is 12.8 Å². The molecule has 1 aromatic heterocycles. The quantitative estimate of drug-likeness (QED) is 0.506. The highest BCUT2D eigenvalue weighted by Crippen LogP contribution is 2.06. The second-order valence-corrected chi connectivity index (χ2v) is 6.20. The molecule has 0 fully saturated rings. The summed E-state index contributed by atoms with van der Waals surface area (Å²) in [7, 11) is -1.88. The van der Waals surface area contributed by atoms with Crippen LogP contribution < -0.4 is 10.5 Å². The molecular weight excluding hydrogens is 296 g/mol. The Bertz CT molecular complexity index is 489. The van der Waals surface area contributed by atoms with Gasteiger partial charge in [0.25, 0.3) is 0 Å². The maximum Gasteiger partial charge on any atom is 0.243 e. The Hall–Kier alpha value is -1.00. The Morgan fingerprint density at radius 1 is 1.33 bits per heavy atom. The zero-order valence-corrected chi connectivity index (χ0v) is 13.1. The van der Waals surface area contributed by atoms with Gasteiger partial charge < -0.3 is 15.2 Å². The van der Waals surface area contributed by atoms with Crippen molar-refractivity contribution in [2.24, 2.45) is 5.73 Å². The fourth-order valence-electron chi connectivity index (χ4n) is 1.60. The van der Waals surface area contributed by atoms with E-state index in [2.05, 4.69) is 9.82 Å². The maximum atomic E-state index is 12.0. The summed E-state index contributed by atoms with van der Waals surface area (Å²) in [4.78, 5) is 0.160. The van der Waals surface area contributed by atoms with Gasteiger partial charge in [-0.3, -0.25) is 4.68 Å². The van der Waals surface area contributed by atoms with Crippen molar-refractivity contribution in [3.05, 3.63) is 12.4 Å². The number of methoxy groups -OCH3 is 1. The molecule has 0 aromatic carbocycles. The topological polar surface area (TPSA) is 108 Å². The van der Waals surface area contributed by atoms with E-state index in [4.69, 9.17) is 15.2 Å². The van der Waals surface area contributed by atoms with E-state index in [0.717, 1.165) is 6.42 Å². The number of aromatic nitrogens is 2. The van der Waals surface area contributed by atoms with Gasteiger partial charge in [-0.1, -0.05) is 0 Å². The molecule has 3 N–H and O–H groups in total. The lowest BCUT2D eigenvalue weighted by Gasteiger charge is -2.05. The molecule has 0 bridgehead atoms. The lowest BCUT2D eigenvalue weighted by Crippen LogP contribution is -2.24. The molecule has 0 spiro atoms. The largest absolute Gasteiger partial charge is 0.382 e. The minimum absolute atomic E-state index is 0.160. The van der Waals surface area contributed by atoms with Crippen LogP contribution in [0.4, 0.5) is 0 Å². The van der Waals surface area contributed by atoms with Gasteiger partial charge in [0.2, 0.25) is 10.0 Å². The highest BCUT2D eigenvalue weighted by molar-refractivity contribution is 7.89. The summed E-state index contributed by atoms with van der Waals surface area (Å²) < 4.78 is 38.2. The summed E-state index contributed by atoms with van der Waals surface area (Å²) in [5.41, 5.74) is 5.39. The first kappa shape index (κ1) is 18.1. The number of nitrogens with one attached hydrogen (secondary N) is 1. The van der Waals surface area contributed by atoms with E-state index in [1.807, 2.05) is 0 Å². The molecule has 1 aromatic rings. The first-order chi connectivity index (χ1) is 10.1. The molecule has 122 valence electrons. The van der Waals surface area contributed by atoms with Gasteiger partial charge in [-0.2, -0.15) is 5.10 Å². The lowest BCUT2D eigenvalue weighted by molar-refractivity contribution is 0.0689. The van der Waals surface area contributed by atoms with Gasteiger partial charge in [0.15, 0.2) is 0 Å².